The quantitative estimate of drug-likeness (QED) is 0.0280. The number of rotatable bonds is 43. The van der Waals surface area contributed by atoms with Gasteiger partial charge in [-0.3, -0.25) is 14.4 Å². The Hall–Kier alpha value is -2.19. The summed E-state index contributed by atoms with van der Waals surface area (Å²) in [6.07, 6.45) is 43.0. The van der Waals surface area contributed by atoms with Gasteiger partial charge in [0.25, 0.3) is 0 Å². The molecule has 0 amide bonds. The van der Waals surface area contributed by atoms with E-state index in [1.54, 1.807) is 0 Å². The van der Waals surface area contributed by atoms with Crippen LogP contribution in [0.2, 0.25) is 0 Å². The van der Waals surface area contributed by atoms with Crippen LogP contribution in [-0.2, 0) is 28.6 Å². The zero-order chi connectivity index (χ0) is 42.9. The van der Waals surface area contributed by atoms with Gasteiger partial charge in [0.15, 0.2) is 0 Å². The third-order valence-corrected chi connectivity index (χ3v) is 11.8. The first-order valence-corrected chi connectivity index (χ1v) is 25.1. The van der Waals surface area contributed by atoms with Crippen molar-refractivity contribution in [2.75, 3.05) is 32.9 Å². The summed E-state index contributed by atoms with van der Waals surface area (Å²) in [4.78, 5) is 39.7. The highest BCUT2D eigenvalue weighted by Gasteiger charge is 2.31. The molecule has 0 radical (unpaired) electrons. The Morgan fingerprint density at radius 2 is 0.949 bits per heavy atom. The predicted octanol–water partition coefficient (Wildman–Crippen LogP) is 13.3. The van der Waals surface area contributed by atoms with E-state index in [-0.39, 0.29) is 29.9 Å². The van der Waals surface area contributed by atoms with E-state index in [2.05, 4.69) is 50.0 Å². The van der Waals surface area contributed by atoms with Crippen LogP contribution in [0.5, 0.6) is 0 Å². The van der Waals surface area contributed by atoms with Gasteiger partial charge < -0.3 is 24.2 Å². The number of allylic oxidation sites excluding steroid dienone is 4. The van der Waals surface area contributed by atoms with Gasteiger partial charge in [-0.05, 0) is 103 Å². The number of esters is 3. The fourth-order valence-electron chi connectivity index (χ4n) is 7.72. The van der Waals surface area contributed by atoms with Gasteiger partial charge in [-0.1, -0.05) is 148 Å². The molecule has 0 unspecified atom stereocenters. The molecule has 8 nitrogen and oxygen atoms in total. The average Bonchev–Trinajstić information content (AvgIpc) is 3.22. The highest BCUT2D eigenvalue weighted by Crippen LogP contribution is 2.27. The molecule has 0 aromatic heterocycles. The van der Waals surface area contributed by atoms with Gasteiger partial charge in [0.05, 0.1) is 25.9 Å². The van der Waals surface area contributed by atoms with Crippen molar-refractivity contribution in [2.45, 2.75) is 245 Å². The minimum Gasteiger partial charge on any atom is -0.466 e. The lowest BCUT2D eigenvalue weighted by molar-refractivity contribution is -0.149. The number of aliphatic hydroxyl groups is 1. The molecule has 0 spiro atoms. The van der Waals surface area contributed by atoms with Crippen LogP contribution in [0, 0.1) is 5.92 Å². The molecule has 0 heterocycles. The maximum absolute atomic E-state index is 12.5. The van der Waals surface area contributed by atoms with Crippen LogP contribution in [0.15, 0.2) is 24.3 Å². The molecule has 1 aliphatic rings. The standard InChI is InChI=1S/C51H93NO7/c1-4-7-10-13-14-15-16-17-18-19-20-21-22-25-30-36-49(54)57-41-34-27-26-32-39-52(47-42-48(53)43-47)40-33-31-35-46(44-58-50(55)37-28-23-11-8-5-2)45-59-51(56)38-29-24-12-9-6-3/h14-15,17-18,46-48,53H,4-13,16,19-45H2,1-3H3/b15-14-,18-17-. The molecular formula is C51H93NO7. The maximum Gasteiger partial charge on any atom is 0.305 e. The molecule has 1 N–H and O–H groups in total. The summed E-state index contributed by atoms with van der Waals surface area (Å²) >= 11 is 0. The summed E-state index contributed by atoms with van der Waals surface area (Å²) < 4.78 is 16.9. The Kier molecular flexibility index (Phi) is 38.3. The largest absolute Gasteiger partial charge is 0.466 e. The van der Waals surface area contributed by atoms with Crippen molar-refractivity contribution in [1.29, 1.82) is 0 Å². The molecule has 0 saturated heterocycles. The summed E-state index contributed by atoms with van der Waals surface area (Å²) in [5, 5.41) is 10.0. The molecular weight excluding hydrogens is 739 g/mol. The molecule has 0 atom stereocenters. The van der Waals surface area contributed by atoms with Crippen LogP contribution in [0.4, 0.5) is 0 Å². The van der Waals surface area contributed by atoms with Gasteiger partial charge in [0.1, 0.15) is 0 Å². The van der Waals surface area contributed by atoms with Crippen LogP contribution >= 0.6 is 0 Å². The molecule has 1 fully saturated rings. The second kappa shape index (κ2) is 41.2. The zero-order valence-electron chi connectivity index (χ0n) is 38.8. The second-order valence-corrected chi connectivity index (χ2v) is 17.5. The van der Waals surface area contributed by atoms with Crippen molar-refractivity contribution in [3.63, 3.8) is 0 Å². The van der Waals surface area contributed by atoms with Crippen molar-refractivity contribution in [3.05, 3.63) is 24.3 Å². The smallest absolute Gasteiger partial charge is 0.305 e. The van der Waals surface area contributed by atoms with Crippen LogP contribution in [-0.4, -0.2) is 73.0 Å². The van der Waals surface area contributed by atoms with Gasteiger partial charge in [-0.15, -0.1) is 0 Å². The van der Waals surface area contributed by atoms with Crippen LogP contribution in [0.25, 0.3) is 0 Å². The Morgan fingerprint density at radius 3 is 1.49 bits per heavy atom. The monoisotopic (exact) mass is 832 g/mol. The summed E-state index contributed by atoms with van der Waals surface area (Å²) in [7, 11) is 0. The molecule has 0 aromatic rings. The predicted molar refractivity (Wildman–Crippen MR) is 245 cm³/mol. The van der Waals surface area contributed by atoms with Gasteiger partial charge in [-0.2, -0.15) is 0 Å². The van der Waals surface area contributed by atoms with E-state index in [0.717, 1.165) is 135 Å². The first kappa shape index (κ1) is 54.8. The SMILES string of the molecule is CCCCC/C=C\C/C=C\CCCCCCCC(=O)OCCCCCCN(CCCCC(COC(=O)CCCCCCC)COC(=O)CCCCCCC)C1CC(O)C1. The van der Waals surface area contributed by atoms with Crippen LogP contribution in [0.3, 0.4) is 0 Å². The highest BCUT2D eigenvalue weighted by atomic mass is 16.5. The lowest BCUT2D eigenvalue weighted by Crippen LogP contribution is -2.47. The molecule has 0 bridgehead atoms. The number of carbonyl (C=O) groups excluding carboxylic acids is 3. The minimum atomic E-state index is -0.186. The van der Waals surface area contributed by atoms with E-state index in [9.17, 15) is 19.5 Å². The third-order valence-electron chi connectivity index (χ3n) is 11.8. The number of nitrogens with zero attached hydrogens (tertiary/aromatic N) is 1. The van der Waals surface area contributed by atoms with E-state index < -0.39 is 0 Å². The lowest BCUT2D eigenvalue weighted by Gasteiger charge is -2.41. The van der Waals surface area contributed by atoms with Crippen molar-refractivity contribution in [1.82, 2.24) is 4.90 Å². The maximum atomic E-state index is 12.5. The topological polar surface area (TPSA) is 102 Å². The molecule has 59 heavy (non-hydrogen) atoms. The summed E-state index contributed by atoms with van der Waals surface area (Å²) in [6, 6.07) is 0.438. The molecule has 1 rings (SSSR count). The molecule has 1 saturated carbocycles. The van der Waals surface area contributed by atoms with Crippen LogP contribution < -0.4 is 0 Å². The first-order valence-electron chi connectivity index (χ1n) is 25.1. The number of unbranched alkanes of at least 4 members (excludes halogenated alkanes) is 20. The number of hydrogen-bond acceptors (Lipinski definition) is 8. The minimum absolute atomic E-state index is 0.0106. The van der Waals surface area contributed by atoms with E-state index in [1.807, 2.05) is 0 Å². The van der Waals surface area contributed by atoms with Crippen molar-refractivity contribution < 1.29 is 33.7 Å². The van der Waals surface area contributed by atoms with Gasteiger partial charge >= 0.3 is 17.9 Å². The Bertz CT molecular complexity index is 1010. The van der Waals surface area contributed by atoms with Crippen molar-refractivity contribution in [3.8, 4) is 0 Å². The normalized spacial score (nSPS) is 15.4. The van der Waals surface area contributed by atoms with Crippen molar-refractivity contribution in [2.24, 2.45) is 5.92 Å². The van der Waals surface area contributed by atoms with Gasteiger partial charge in [0.2, 0.25) is 0 Å². The third kappa shape index (κ3) is 35.1. The molecule has 0 aromatic carbocycles. The van der Waals surface area contributed by atoms with E-state index in [1.165, 1.54) is 70.6 Å². The van der Waals surface area contributed by atoms with E-state index >= 15 is 0 Å². The number of aliphatic hydroxyl groups excluding tert-OH is 1. The highest BCUT2D eigenvalue weighted by molar-refractivity contribution is 5.70. The first-order chi connectivity index (χ1) is 28.9. The summed E-state index contributed by atoms with van der Waals surface area (Å²) in [5.74, 6) is -0.334. The van der Waals surface area contributed by atoms with Crippen LogP contribution in [0.1, 0.15) is 233 Å². The molecule has 0 aliphatic heterocycles. The lowest BCUT2D eigenvalue weighted by atomic mass is 9.87. The number of ether oxygens (including phenoxy) is 3. The Labute approximate surface area is 363 Å². The number of carbonyl (C=O) groups is 3. The average molecular weight is 832 g/mol. The second-order valence-electron chi connectivity index (χ2n) is 17.5. The summed E-state index contributed by atoms with van der Waals surface area (Å²) in [5.41, 5.74) is 0. The Balaban J connectivity index is 2.26. The Morgan fingerprint density at radius 1 is 0.525 bits per heavy atom. The molecule has 344 valence electrons. The van der Waals surface area contributed by atoms with Crippen molar-refractivity contribution >= 4 is 17.9 Å². The van der Waals surface area contributed by atoms with Gasteiger partial charge in [0, 0.05) is 31.2 Å². The fourth-order valence-corrected chi connectivity index (χ4v) is 7.72. The zero-order valence-corrected chi connectivity index (χ0v) is 38.8. The summed E-state index contributed by atoms with van der Waals surface area (Å²) in [6.45, 7) is 9.74. The number of hydrogen-bond donors (Lipinski definition) is 1. The fraction of sp³-hybridized carbons (Fsp3) is 0.863. The molecule has 1 aliphatic carbocycles. The van der Waals surface area contributed by atoms with E-state index in [0.29, 0.717) is 45.1 Å². The molecule has 8 heteroatoms. The van der Waals surface area contributed by atoms with E-state index in [4.69, 9.17) is 14.2 Å². The van der Waals surface area contributed by atoms with Gasteiger partial charge in [-0.25, -0.2) is 0 Å².